The molecule has 7 heteroatoms. The lowest BCUT2D eigenvalue weighted by atomic mass is 10.1. The highest BCUT2D eigenvalue weighted by Gasteiger charge is 2.13. The number of benzene rings is 2. The highest BCUT2D eigenvalue weighted by atomic mass is 16.5. The second kappa shape index (κ2) is 7.74. The molecule has 138 valence electrons. The lowest BCUT2D eigenvalue weighted by molar-refractivity contribution is 0.0526. The molecule has 1 heterocycles. The van der Waals surface area contributed by atoms with Crippen molar-refractivity contribution in [3.05, 3.63) is 76.8 Å². The molecule has 1 aromatic heterocycles. The summed E-state index contributed by atoms with van der Waals surface area (Å²) in [5, 5.41) is 2.75. The van der Waals surface area contributed by atoms with Crippen LogP contribution in [0.15, 0.2) is 64.3 Å². The van der Waals surface area contributed by atoms with E-state index >= 15 is 0 Å². The summed E-state index contributed by atoms with van der Waals surface area (Å²) < 4.78 is 11.5. The van der Waals surface area contributed by atoms with Gasteiger partial charge in [-0.15, -0.1) is 6.58 Å². The van der Waals surface area contributed by atoms with Gasteiger partial charge in [-0.2, -0.15) is 0 Å². The molecule has 0 atom stereocenters. The molecule has 0 bridgehead atoms. The monoisotopic (exact) mass is 366 g/mol. The minimum absolute atomic E-state index is 0.284. The van der Waals surface area contributed by atoms with Crippen molar-refractivity contribution in [3.8, 4) is 0 Å². The van der Waals surface area contributed by atoms with E-state index in [9.17, 15) is 14.4 Å². The molecule has 0 radical (unpaired) electrons. The number of hydrogen-bond acceptors (Lipinski definition) is 5. The Morgan fingerprint density at radius 1 is 1.19 bits per heavy atom. The Labute approximate surface area is 154 Å². The highest BCUT2D eigenvalue weighted by Crippen LogP contribution is 2.17. The Morgan fingerprint density at radius 3 is 2.56 bits per heavy atom. The Bertz CT molecular complexity index is 1060. The van der Waals surface area contributed by atoms with E-state index in [1.54, 1.807) is 55.5 Å². The molecule has 2 aromatic carbocycles. The molecule has 3 rings (SSSR count). The SMILES string of the molecule is C=CCn1c(=O)oc2ccc(C(=O)Nc3ccc(C(=O)OCC)cc3)cc21. The number of nitrogens with zero attached hydrogens (tertiary/aromatic N) is 1. The van der Waals surface area contributed by atoms with E-state index in [0.29, 0.717) is 34.5 Å². The van der Waals surface area contributed by atoms with Gasteiger partial charge in [0.1, 0.15) is 0 Å². The number of aromatic nitrogens is 1. The number of allylic oxidation sites excluding steroid dienone is 1. The Balaban J connectivity index is 1.81. The van der Waals surface area contributed by atoms with E-state index < -0.39 is 11.7 Å². The molecule has 3 aromatic rings. The van der Waals surface area contributed by atoms with Crippen molar-refractivity contribution in [2.75, 3.05) is 11.9 Å². The average Bonchev–Trinajstić information content (AvgIpc) is 2.97. The first-order valence-electron chi connectivity index (χ1n) is 8.36. The maximum Gasteiger partial charge on any atom is 0.420 e. The number of esters is 1. The van der Waals surface area contributed by atoms with Crippen LogP contribution in [-0.2, 0) is 11.3 Å². The number of oxazole rings is 1. The third-order valence-corrected chi connectivity index (χ3v) is 3.90. The van der Waals surface area contributed by atoms with Crippen LogP contribution in [0, 0.1) is 0 Å². The van der Waals surface area contributed by atoms with Crippen molar-refractivity contribution in [2.24, 2.45) is 0 Å². The van der Waals surface area contributed by atoms with Crippen molar-refractivity contribution in [3.63, 3.8) is 0 Å². The Kier molecular flexibility index (Phi) is 5.21. The van der Waals surface area contributed by atoms with Crippen LogP contribution in [0.5, 0.6) is 0 Å². The molecule has 1 N–H and O–H groups in total. The van der Waals surface area contributed by atoms with Gasteiger partial charge in [0.25, 0.3) is 5.91 Å². The van der Waals surface area contributed by atoms with Crippen molar-refractivity contribution in [1.29, 1.82) is 0 Å². The number of carbonyl (C=O) groups excluding carboxylic acids is 2. The Morgan fingerprint density at radius 2 is 1.89 bits per heavy atom. The van der Waals surface area contributed by atoms with Gasteiger partial charge in [0.15, 0.2) is 5.58 Å². The van der Waals surface area contributed by atoms with Gasteiger partial charge in [0.05, 0.1) is 17.7 Å². The molecule has 1 amide bonds. The number of hydrogen-bond donors (Lipinski definition) is 1. The smallest absolute Gasteiger partial charge is 0.420 e. The summed E-state index contributed by atoms with van der Waals surface area (Å²) in [5.41, 5.74) is 2.23. The maximum atomic E-state index is 12.5. The second-order valence-electron chi connectivity index (χ2n) is 5.70. The summed E-state index contributed by atoms with van der Waals surface area (Å²) in [6, 6.07) is 11.1. The van der Waals surface area contributed by atoms with E-state index in [4.69, 9.17) is 9.15 Å². The summed E-state index contributed by atoms with van der Waals surface area (Å²) in [6.07, 6.45) is 1.58. The molecule has 0 spiro atoms. The van der Waals surface area contributed by atoms with E-state index in [2.05, 4.69) is 11.9 Å². The minimum Gasteiger partial charge on any atom is -0.462 e. The van der Waals surface area contributed by atoms with Crippen LogP contribution in [0.3, 0.4) is 0 Å². The van der Waals surface area contributed by atoms with Gasteiger partial charge in [-0.3, -0.25) is 9.36 Å². The predicted molar refractivity (Wildman–Crippen MR) is 101 cm³/mol. The van der Waals surface area contributed by atoms with Gasteiger partial charge < -0.3 is 14.5 Å². The number of nitrogens with one attached hydrogen (secondary N) is 1. The molecule has 0 saturated heterocycles. The standard InChI is InChI=1S/C20H18N2O5/c1-3-11-22-16-12-14(7-10-17(16)27-20(22)25)18(23)21-15-8-5-13(6-9-15)19(24)26-4-2/h3,5-10,12H,1,4,11H2,2H3,(H,21,23). The summed E-state index contributed by atoms with van der Waals surface area (Å²) in [6.45, 7) is 5.93. The predicted octanol–water partition coefficient (Wildman–Crippen LogP) is 3.21. The topological polar surface area (TPSA) is 90.5 Å². The van der Waals surface area contributed by atoms with Crippen molar-refractivity contribution >= 4 is 28.7 Å². The molecule has 0 unspecified atom stereocenters. The third kappa shape index (κ3) is 3.82. The molecular weight excluding hydrogens is 348 g/mol. The molecule has 0 aliphatic carbocycles. The van der Waals surface area contributed by atoms with Crippen molar-refractivity contribution in [1.82, 2.24) is 4.57 Å². The van der Waals surface area contributed by atoms with Crippen LogP contribution in [0.2, 0.25) is 0 Å². The van der Waals surface area contributed by atoms with E-state index in [1.807, 2.05) is 0 Å². The first kappa shape index (κ1) is 18.2. The Hall–Kier alpha value is -3.61. The van der Waals surface area contributed by atoms with Crippen LogP contribution < -0.4 is 11.1 Å². The first-order valence-corrected chi connectivity index (χ1v) is 8.36. The fourth-order valence-corrected chi connectivity index (χ4v) is 2.61. The van der Waals surface area contributed by atoms with E-state index in [0.717, 1.165) is 0 Å². The average molecular weight is 366 g/mol. The van der Waals surface area contributed by atoms with Crippen LogP contribution in [0.1, 0.15) is 27.6 Å². The minimum atomic E-state index is -0.503. The van der Waals surface area contributed by atoms with E-state index in [-0.39, 0.29) is 12.5 Å². The summed E-state index contributed by atoms with van der Waals surface area (Å²) >= 11 is 0. The van der Waals surface area contributed by atoms with Crippen LogP contribution in [-0.4, -0.2) is 23.1 Å². The zero-order valence-electron chi connectivity index (χ0n) is 14.7. The summed E-state index contributed by atoms with van der Waals surface area (Å²) in [7, 11) is 0. The van der Waals surface area contributed by atoms with Crippen LogP contribution >= 0.6 is 0 Å². The number of carbonyl (C=O) groups is 2. The van der Waals surface area contributed by atoms with Crippen molar-refractivity contribution in [2.45, 2.75) is 13.5 Å². The number of ether oxygens (including phenoxy) is 1. The molecule has 0 aliphatic rings. The molecule has 0 fully saturated rings. The van der Waals surface area contributed by atoms with E-state index in [1.165, 1.54) is 4.57 Å². The maximum absolute atomic E-state index is 12.5. The second-order valence-corrected chi connectivity index (χ2v) is 5.70. The molecular formula is C20H18N2O5. The van der Waals surface area contributed by atoms with Gasteiger partial charge in [-0.1, -0.05) is 6.08 Å². The summed E-state index contributed by atoms with van der Waals surface area (Å²) in [5.74, 6) is -1.27. The quantitative estimate of drug-likeness (QED) is 0.534. The zero-order chi connectivity index (χ0) is 19.4. The third-order valence-electron chi connectivity index (χ3n) is 3.90. The summed E-state index contributed by atoms with van der Waals surface area (Å²) in [4.78, 5) is 36.0. The highest BCUT2D eigenvalue weighted by molar-refractivity contribution is 6.06. The zero-order valence-corrected chi connectivity index (χ0v) is 14.7. The first-order chi connectivity index (χ1) is 13.0. The lowest BCUT2D eigenvalue weighted by Crippen LogP contribution is -2.14. The molecule has 27 heavy (non-hydrogen) atoms. The fraction of sp³-hybridized carbons (Fsp3) is 0.150. The van der Waals surface area contributed by atoms with Gasteiger partial charge in [0.2, 0.25) is 0 Å². The van der Waals surface area contributed by atoms with Crippen LogP contribution in [0.4, 0.5) is 5.69 Å². The normalized spacial score (nSPS) is 10.6. The molecule has 0 aliphatic heterocycles. The van der Waals surface area contributed by atoms with Crippen molar-refractivity contribution < 1.29 is 18.7 Å². The molecule has 0 saturated carbocycles. The number of amides is 1. The largest absolute Gasteiger partial charge is 0.462 e. The lowest BCUT2D eigenvalue weighted by Gasteiger charge is -2.07. The van der Waals surface area contributed by atoms with Gasteiger partial charge in [-0.25, -0.2) is 9.59 Å². The number of fused-ring (bicyclic) bond motifs is 1. The van der Waals surface area contributed by atoms with Gasteiger partial charge in [0, 0.05) is 17.8 Å². The van der Waals surface area contributed by atoms with Gasteiger partial charge in [-0.05, 0) is 49.4 Å². The fourth-order valence-electron chi connectivity index (χ4n) is 2.61. The number of rotatable bonds is 6. The number of anilines is 1. The molecule has 7 nitrogen and oxygen atoms in total. The van der Waals surface area contributed by atoms with Crippen LogP contribution in [0.25, 0.3) is 11.1 Å². The van der Waals surface area contributed by atoms with Gasteiger partial charge >= 0.3 is 11.7 Å².